The largest absolute Gasteiger partial charge is 0.444 e. The SMILES string of the molecule is CCCCCCCCCCCCC#CC#CC(=O)OC1(c2ccccc2)CC[NH2+]CC1. The van der Waals surface area contributed by atoms with Gasteiger partial charge >= 0.3 is 5.97 Å². The van der Waals surface area contributed by atoms with E-state index in [1.165, 1.54) is 57.8 Å². The van der Waals surface area contributed by atoms with Crippen LogP contribution in [0.25, 0.3) is 0 Å². The van der Waals surface area contributed by atoms with Crippen molar-refractivity contribution in [2.75, 3.05) is 13.1 Å². The van der Waals surface area contributed by atoms with E-state index in [2.05, 4.69) is 35.9 Å². The summed E-state index contributed by atoms with van der Waals surface area (Å²) in [4.78, 5) is 12.3. The number of unbranched alkanes of at least 4 members (excludes halogenated alkanes) is 10. The molecule has 0 saturated carbocycles. The lowest BCUT2D eigenvalue weighted by Crippen LogP contribution is -2.87. The normalized spacial score (nSPS) is 14.6. The predicted octanol–water partition coefficient (Wildman–Crippen LogP) is 5.10. The third-order valence-corrected chi connectivity index (χ3v) is 6.06. The third kappa shape index (κ3) is 10.1. The maximum absolute atomic E-state index is 12.3. The van der Waals surface area contributed by atoms with Crippen molar-refractivity contribution in [1.82, 2.24) is 0 Å². The number of piperidine rings is 1. The van der Waals surface area contributed by atoms with E-state index in [9.17, 15) is 4.79 Å². The summed E-state index contributed by atoms with van der Waals surface area (Å²) in [6.45, 7) is 4.17. The number of esters is 1. The van der Waals surface area contributed by atoms with E-state index in [1.54, 1.807) is 0 Å². The summed E-state index contributed by atoms with van der Waals surface area (Å²) in [5, 5.41) is 2.26. The van der Waals surface area contributed by atoms with Crippen molar-refractivity contribution in [2.24, 2.45) is 0 Å². The van der Waals surface area contributed by atoms with Crippen LogP contribution in [0.15, 0.2) is 30.3 Å². The van der Waals surface area contributed by atoms with Gasteiger partial charge in [-0.25, -0.2) is 4.79 Å². The zero-order chi connectivity index (χ0) is 22.0. The lowest BCUT2D eigenvalue weighted by molar-refractivity contribution is -0.668. The first-order chi connectivity index (χ1) is 15.3. The molecule has 3 nitrogen and oxygen atoms in total. The molecule has 1 aliphatic rings. The molecule has 1 aliphatic heterocycles. The van der Waals surface area contributed by atoms with E-state index in [0.717, 1.165) is 44.3 Å². The minimum Gasteiger partial charge on any atom is -0.444 e. The van der Waals surface area contributed by atoms with Crippen LogP contribution in [0.2, 0.25) is 0 Å². The highest BCUT2D eigenvalue weighted by atomic mass is 16.6. The van der Waals surface area contributed by atoms with Gasteiger partial charge < -0.3 is 10.1 Å². The molecule has 1 aromatic rings. The number of nitrogens with two attached hydrogens (primary N) is 1. The Morgan fingerprint density at radius 3 is 2.16 bits per heavy atom. The number of ether oxygens (including phenoxy) is 1. The van der Waals surface area contributed by atoms with Crippen LogP contribution >= 0.6 is 0 Å². The fraction of sp³-hybridized carbons (Fsp3) is 0.607. The standard InChI is InChI=1S/C28H39NO2/c1-2-3-4-5-6-7-8-9-10-11-12-13-14-18-21-27(30)31-28(22-24-29-25-23-28)26-19-16-15-17-20-26/h15-17,19-20,29H,2-12,22-25H2,1H3/p+1. The Balaban J connectivity index is 1.64. The fourth-order valence-electron chi connectivity index (χ4n) is 4.22. The zero-order valence-electron chi connectivity index (χ0n) is 19.4. The Morgan fingerprint density at radius 2 is 1.52 bits per heavy atom. The molecule has 0 atom stereocenters. The van der Waals surface area contributed by atoms with Crippen LogP contribution in [0.5, 0.6) is 0 Å². The first-order valence-corrected chi connectivity index (χ1v) is 12.4. The van der Waals surface area contributed by atoms with Crippen LogP contribution in [-0.4, -0.2) is 19.1 Å². The molecule has 0 amide bonds. The molecule has 31 heavy (non-hydrogen) atoms. The Hall–Kier alpha value is -2.23. The Bertz CT molecular complexity index is 742. The van der Waals surface area contributed by atoms with Gasteiger partial charge in [-0.2, -0.15) is 0 Å². The molecule has 0 bridgehead atoms. The molecule has 0 spiro atoms. The van der Waals surface area contributed by atoms with Gasteiger partial charge in [-0.05, 0) is 23.8 Å². The van der Waals surface area contributed by atoms with E-state index >= 15 is 0 Å². The summed E-state index contributed by atoms with van der Waals surface area (Å²) in [5.74, 6) is 10.7. The molecule has 0 unspecified atom stereocenters. The molecule has 168 valence electrons. The van der Waals surface area contributed by atoms with Crippen molar-refractivity contribution in [3.05, 3.63) is 35.9 Å². The Morgan fingerprint density at radius 1 is 0.903 bits per heavy atom. The highest BCUT2D eigenvalue weighted by molar-refractivity contribution is 5.89. The molecule has 3 heteroatoms. The molecule has 1 aromatic carbocycles. The maximum atomic E-state index is 12.3. The van der Waals surface area contributed by atoms with Crippen LogP contribution in [-0.2, 0) is 15.1 Å². The molecule has 1 saturated heterocycles. The van der Waals surface area contributed by atoms with Gasteiger partial charge in [-0.15, -0.1) is 0 Å². The van der Waals surface area contributed by atoms with Crippen molar-refractivity contribution >= 4 is 5.97 Å². The fourth-order valence-corrected chi connectivity index (χ4v) is 4.22. The van der Waals surface area contributed by atoms with E-state index in [0.29, 0.717) is 0 Å². The highest BCUT2D eigenvalue weighted by Crippen LogP contribution is 2.33. The Kier molecular flexibility index (Phi) is 12.6. The number of carbonyl (C=O) groups is 1. The summed E-state index contributed by atoms with van der Waals surface area (Å²) in [7, 11) is 0. The number of carbonyl (C=O) groups excluding carboxylic acids is 1. The third-order valence-electron chi connectivity index (χ3n) is 6.06. The second kappa shape index (κ2) is 15.6. The quantitative estimate of drug-likeness (QED) is 0.220. The lowest BCUT2D eigenvalue weighted by atomic mass is 9.85. The van der Waals surface area contributed by atoms with Gasteiger partial charge in [-0.3, -0.25) is 0 Å². The van der Waals surface area contributed by atoms with Crippen LogP contribution in [0.1, 0.15) is 96.0 Å². The average molecular weight is 423 g/mol. The Labute approximate surface area is 189 Å². The minimum absolute atomic E-state index is 0.473. The summed E-state index contributed by atoms with van der Waals surface area (Å²) >= 11 is 0. The number of hydrogen-bond acceptors (Lipinski definition) is 2. The number of hydrogen-bond donors (Lipinski definition) is 1. The number of benzene rings is 1. The van der Waals surface area contributed by atoms with Crippen LogP contribution in [0, 0.1) is 23.7 Å². The van der Waals surface area contributed by atoms with Crippen molar-refractivity contribution < 1.29 is 14.8 Å². The van der Waals surface area contributed by atoms with Crippen LogP contribution in [0.4, 0.5) is 0 Å². The van der Waals surface area contributed by atoms with E-state index in [1.807, 2.05) is 30.3 Å². The smallest absolute Gasteiger partial charge is 0.386 e. The predicted molar refractivity (Wildman–Crippen MR) is 127 cm³/mol. The maximum Gasteiger partial charge on any atom is 0.386 e. The van der Waals surface area contributed by atoms with E-state index in [4.69, 9.17) is 4.74 Å². The average Bonchev–Trinajstić information content (AvgIpc) is 2.80. The molecule has 1 fully saturated rings. The minimum atomic E-state index is -0.550. The molecule has 0 aliphatic carbocycles. The van der Waals surface area contributed by atoms with Crippen molar-refractivity contribution in [2.45, 2.75) is 96.0 Å². The van der Waals surface area contributed by atoms with Crippen LogP contribution < -0.4 is 5.32 Å². The van der Waals surface area contributed by atoms with Crippen LogP contribution in [0.3, 0.4) is 0 Å². The van der Waals surface area contributed by atoms with Gasteiger partial charge in [0.15, 0.2) is 0 Å². The first kappa shape index (κ1) is 25.0. The van der Waals surface area contributed by atoms with E-state index < -0.39 is 11.6 Å². The summed E-state index contributed by atoms with van der Waals surface area (Å²) < 4.78 is 5.88. The van der Waals surface area contributed by atoms with Gasteiger partial charge in [0.1, 0.15) is 5.60 Å². The van der Waals surface area contributed by atoms with Crippen molar-refractivity contribution in [1.29, 1.82) is 0 Å². The highest BCUT2D eigenvalue weighted by Gasteiger charge is 2.39. The van der Waals surface area contributed by atoms with Gasteiger partial charge in [-0.1, -0.05) is 101 Å². The second-order valence-corrected chi connectivity index (χ2v) is 8.60. The van der Waals surface area contributed by atoms with Gasteiger partial charge in [0.2, 0.25) is 0 Å². The summed E-state index contributed by atoms with van der Waals surface area (Å²) in [6.07, 6.45) is 15.7. The monoisotopic (exact) mass is 422 g/mol. The van der Waals surface area contributed by atoms with Crippen molar-refractivity contribution in [3.8, 4) is 23.7 Å². The zero-order valence-corrected chi connectivity index (χ0v) is 19.4. The van der Waals surface area contributed by atoms with Crippen molar-refractivity contribution in [3.63, 3.8) is 0 Å². The lowest BCUT2D eigenvalue weighted by Gasteiger charge is -2.35. The summed E-state index contributed by atoms with van der Waals surface area (Å²) in [6, 6.07) is 10.1. The first-order valence-electron chi connectivity index (χ1n) is 12.4. The van der Waals surface area contributed by atoms with E-state index in [-0.39, 0.29) is 0 Å². The topological polar surface area (TPSA) is 42.9 Å². The number of quaternary nitrogens is 1. The molecule has 2 rings (SSSR count). The van der Waals surface area contributed by atoms with Gasteiger partial charge in [0.05, 0.1) is 13.1 Å². The number of rotatable bonds is 12. The molecule has 0 radical (unpaired) electrons. The van der Waals surface area contributed by atoms with Gasteiger partial charge in [0, 0.05) is 25.2 Å². The molecular weight excluding hydrogens is 382 g/mol. The molecule has 0 aromatic heterocycles. The second-order valence-electron chi connectivity index (χ2n) is 8.60. The molecule has 1 heterocycles. The molecule has 2 N–H and O–H groups in total. The summed E-state index contributed by atoms with van der Waals surface area (Å²) in [5.41, 5.74) is 0.510. The molecular formula is C28H40NO2+. The van der Waals surface area contributed by atoms with Gasteiger partial charge in [0.25, 0.3) is 0 Å².